The molecule has 0 bridgehead atoms. The van der Waals surface area contributed by atoms with Gasteiger partial charge in [0.25, 0.3) is 11.2 Å². The van der Waals surface area contributed by atoms with Gasteiger partial charge < -0.3 is 0 Å². The number of aryl methyl sites for hydroxylation is 1. The second kappa shape index (κ2) is 7.59. The predicted molar refractivity (Wildman–Crippen MR) is 130 cm³/mol. The Balaban J connectivity index is 1.78. The number of nitrogens with zero attached hydrogens (tertiary/aromatic N) is 6. The number of benzene rings is 2. The van der Waals surface area contributed by atoms with Crippen LogP contribution in [0.4, 0.5) is 5.69 Å². The van der Waals surface area contributed by atoms with Gasteiger partial charge in [0.2, 0.25) is 0 Å². The van der Waals surface area contributed by atoms with Crippen molar-refractivity contribution in [3.63, 3.8) is 0 Å². The molecule has 0 unspecified atom stereocenters. The highest BCUT2D eigenvalue weighted by Crippen LogP contribution is 2.34. The molecule has 5 aromatic rings. The van der Waals surface area contributed by atoms with Crippen molar-refractivity contribution in [1.29, 1.82) is 0 Å². The molecule has 9 nitrogen and oxygen atoms in total. The predicted octanol–water partition coefficient (Wildman–Crippen LogP) is 5.27. The molecule has 1 saturated carbocycles. The molecule has 0 saturated heterocycles. The molecule has 34 heavy (non-hydrogen) atoms. The van der Waals surface area contributed by atoms with E-state index in [4.69, 9.17) is 26.6 Å². The molecule has 1 aliphatic rings. The lowest BCUT2D eigenvalue weighted by Crippen LogP contribution is -2.27. The highest BCUT2D eigenvalue weighted by molar-refractivity contribution is 6.32. The normalized spacial score (nSPS) is 14.5. The molecule has 0 atom stereocenters. The molecule has 1 aliphatic carbocycles. The zero-order valence-corrected chi connectivity index (χ0v) is 19.0. The number of rotatable bonds is 3. The first-order chi connectivity index (χ1) is 16.4. The molecular formula is C24H19ClN6O3. The van der Waals surface area contributed by atoms with Gasteiger partial charge in [0.05, 0.1) is 21.6 Å². The number of para-hydroxylation sites is 2. The Bertz CT molecular complexity index is 1700. The summed E-state index contributed by atoms with van der Waals surface area (Å²) in [7, 11) is 0. The van der Waals surface area contributed by atoms with Crippen LogP contribution < -0.4 is 5.56 Å². The van der Waals surface area contributed by atoms with Crippen LogP contribution in [-0.2, 0) is 0 Å². The lowest BCUT2D eigenvalue weighted by atomic mass is 10.2. The van der Waals surface area contributed by atoms with Crippen molar-refractivity contribution in [1.82, 2.24) is 24.1 Å². The minimum Gasteiger partial charge on any atom is -0.293 e. The van der Waals surface area contributed by atoms with E-state index in [1.807, 2.05) is 31.2 Å². The average molecular weight is 475 g/mol. The Kier molecular flexibility index (Phi) is 4.63. The number of fused-ring (bicyclic) bond motifs is 4. The Hall–Kier alpha value is -3.85. The van der Waals surface area contributed by atoms with Crippen molar-refractivity contribution < 1.29 is 4.92 Å². The Labute approximate surface area is 197 Å². The molecular weight excluding hydrogens is 456 g/mol. The molecule has 6 rings (SSSR count). The van der Waals surface area contributed by atoms with E-state index < -0.39 is 4.92 Å². The highest BCUT2D eigenvalue weighted by Gasteiger charge is 2.27. The van der Waals surface area contributed by atoms with Crippen LogP contribution in [0.25, 0.3) is 38.9 Å². The zero-order valence-electron chi connectivity index (χ0n) is 18.2. The molecule has 2 aromatic carbocycles. The summed E-state index contributed by atoms with van der Waals surface area (Å²) in [4.78, 5) is 39.3. The van der Waals surface area contributed by atoms with Crippen LogP contribution in [0, 0.1) is 17.0 Å². The fraction of sp³-hybridized carbons (Fsp3) is 0.250. The van der Waals surface area contributed by atoms with Crippen molar-refractivity contribution in [2.75, 3.05) is 0 Å². The van der Waals surface area contributed by atoms with Crippen LogP contribution in [0.2, 0.25) is 5.02 Å². The van der Waals surface area contributed by atoms with Crippen LogP contribution in [0.3, 0.4) is 0 Å². The third kappa shape index (κ3) is 3.00. The van der Waals surface area contributed by atoms with Gasteiger partial charge >= 0.3 is 0 Å². The molecule has 170 valence electrons. The quantitative estimate of drug-likeness (QED) is 0.260. The van der Waals surface area contributed by atoms with E-state index >= 15 is 0 Å². The number of nitro benzene ring substituents is 1. The van der Waals surface area contributed by atoms with Crippen molar-refractivity contribution in [2.24, 2.45) is 0 Å². The molecule has 0 radical (unpaired) electrons. The summed E-state index contributed by atoms with van der Waals surface area (Å²) in [5.74, 6) is 0.599. The maximum absolute atomic E-state index is 13.9. The standard InChI is InChI=1S/C24H19ClN6O3/c1-13-26-22-20(24(32)29(13)14-6-2-3-7-14)21-23(28-18-9-5-4-8-17(18)27-21)30(22)15-10-11-16(25)19(12-15)31(33)34/h4-5,8-12,14H,2-3,6-7H2,1H3. The third-order valence-electron chi connectivity index (χ3n) is 6.56. The molecule has 0 aliphatic heterocycles. The Morgan fingerprint density at radius 1 is 1.03 bits per heavy atom. The molecule has 3 heterocycles. The third-order valence-corrected chi connectivity index (χ3v) is 6.88. The number of aromatic nitrogens is 5. The summed E-state index contributed by atoms with van der Waals surface area (Å²) in [5.41, 5.74) is 2.56. The van der Waals surface area contributed by atoms with Gasteiger partial charge in [-0.15, -0.1) is 0 Å². The lowest BCUT2D eigenvalue weighted by molar-refractivity contribution is -0.384. The molecule has 0 spiro atoms. The minimum atomic E-state index is -0.535. The highest BCUT2D eigenvalue weighted by atomic mass is 35.5. The first-order valence-electron chi connectivity index (χ1n) is 11.1. The van der Waals surface area contributed by atoms with Crippen molar-refractivity contribution in [2.45, 2.75) is 38.6 Å². The van der Waals surface area contributed by atoms with Crippen molar-refractivity contribution >= 4 is 50.5 Å². The van der Waals surface area contributed by atoms with E-state index in [-0.39, 0.29) is 22.3 Å². The van der Waals surface area contributed by atoms with Gasteiger partial charge in [0.1, 0.15) is 21.7 Å². The first kappa shape index (κ1) is 20.7. The second-order valence-electron chi connectivity index (χ2n) is 8.58. The van der Waals surface area contributed by atoms with E-state index in [0.717, 1.165) is 25.7 Å². The second-order valence-corrected chi connectivity index (χ2v) is 8.99. The van der Waals surface area contributed by atoms with Gasteiger partial charge in [-0.05, 0) is 44.0 Å². The number of hydrogen-bond donors (Lipinski definition) is 0. The van der Waals surface area contributed by atoms with Crippen molar-refractivity contribution in [3.05, 3.63) is 73.8 Å². The average Bonchev–Trinajstić information content (AvgIpc) is 3.44. The Morgan fingerprint density at radius 2 is 1.74 bits per heavy atom. The first-order valence-corrected chi connectivity index (χ1v) is 11.5. The zero-order chi connectivity index (χ0) is 23.6. The van der Waals surface area contributed by atoms with Gasteiger partial charge in [-0.1, -0.05) is 36.6 Å². The van der Waals surface area contributed by atoms with Crippen LogP contribution in [0.5, 0.6) is 0 Å². The van der Waals surface area contributed by atoms with E-state index in [1.165, 1.54) is 12.1 Å². The molecule has 0 amide bonds. The van der Waals surface area contributed by atoms with Crippen LogP contribution >= 0.6 is 11.6 Å². The molecule has 10 heteroatoms. The summed E-state index contributed by atoms with van der Waals surface area (Å²) in [5, 5.41) is 12.0. The van der Waals surface area contributed by atoms with E-state index in [9.17, 15) is 14.9 Å². The lowest BCUT2D eigenvalue weighted by Gasteiger charge is -2.16. The summed E-state index contributed by atoms with van der Waals surface area (Å²) in [6.45, 7) is 1.82. The maximum Gasteiger partial charge on any atom is 0.289 e. The smallest absolute Gasteiger partial charge is 0.289 e. The number of halogens is 1. The summed E-state index contributed by atoms with van der Waals surface area (Å²) in [6.07, 6.45) is 4.03. The molecule has 3 aromatic heterocycles. The van der Waals surface area contributed by atoms with Crippen LogP contribution in [-0.4, -0.2) is 29.0 Å². The Morgan fingerprint density at radius 3 is 2.44 bits per heavy atom. The molecule has 1 fully saturated rings. The van der Waals surface area contributed by atoms with Gasteiger partial charge in [-0.25, -0.2) is 15.0 Å². The van der Waals surface area contributed by atoms with Crippen LogP contribution in [0.15, 0.2) is 47.3 Å². The SMILES string of the molecule is Cc1nc2c(c(=O)n1C1CCCC1)c1nc3ccccc3nc1n2-c1ccc(Cl)c([N+](=O)[O-])c1. The van der Waals surface area contributed by atoms with Gasteiger partial charge in [-0.3, -0.25) is 24.0 Å². The number of nitro groups is 1. The van der Waals surface area contributed by atoms with Gasteiger partial charge in [0, 0.05) is 12.1 Å². The van der Waals surface area contributed by atoms with Crippen LogP contribution in [0.1, 0.15) is 37.5 Å². The largest absolute Gasteiger partial charge is 0.293 e. The van der Waals surface area contributed by atoms with Gasteiger partial charge in [-0.2, -0.15) is 0 Å². The maximum atomic E-state index is 13.9. The summed E-state index contributed by atoms with van der Waals surface area (Å²) in [6, 6.07) is 12.0. The van der Waals surface area contributed by atoms with Gasteiger partial charge in [0.15, 0.2) is 11.3 Å². The summed E-state index contributed by atoms with van der Waals surface area (Å²) >= 11 is 6.06. The fourth-order valence-electron chi connectivity index (χ4n) is 5.03. The van der Waals surface area contributed by atoms with E-state index in [1.54, 1.807) is 15.2 Å². The van der Waals surface area contributed by atoms with E-state index in [0.29, 0.717) is 44.7 Å². The summed E-state index contributed by atoms with van der Waals surface area (Å²) < 4.78 is 3.45. The topological polar surface area (TPSA) is 109 Å². The number of hydrogen-bond acceptors (Lipinski definition) is 6. The fourth-order valence-corrected chi connectivity index (χ4v) is 5.21. The monoisotopic (exact) mass is 474 g/mol. The van der Waals surface area contributed by atoms with E-state index in [2.05, 4.69) is 0 Å². The molecule has 0 N–H and O–H groups in total. The van der Waals surface area contributed by atoms with Crippen molar-refractivity contribution in [3.8, 4) is 5.69 Å². The minimum absolute atomic E-state index is 0.0266.